The topological polar surface area (TPSA) is 78.4 Å². The fourth-order valence-corrected chi connectivity index (χ4v) is 3.78. The largest absolute Gasteiger partial charge is 0.508 e. The number of phenolic OH excluding ortho intramolecular Hbond substituents is 1. The van der Waals surface area contributed by atoms with Crippen molar-refractivity contribution in [2.24, 2.45) is 5.92 Å². The average Bonchev–Trinajstić information content (AvgIpc) is 2.48. The van der Waals surface area contributed by atoms with Crippen molar-refractivity contribution in [3.63, 3.8) is 0 Å². The van der Waals surface area contributed by atoms with Crippen LogP contribution in [0.15, 0.2) is 24.3 Å². The first-order valence-corrected chi connectivity index (χ1v) is 9.16. The second-order valence-corrected chi connectivity index (χ2v) is 7.54. The lowest BCUT2D eigenvalue weighted by Crippen LogP contribution is -2.32. The number of sulfonamides is 1. The molecule has 3 N–H and O–H groups in total. The number of aromatic hydroxyl groups is 1. The zero-order chi connectivity index (χ0) is 15.1. The molecular weight excluding hydrogens is 288 g/mol. The Kier molecular flexibility index (Phi) is 6.02. The third-order valence-corrected chi connectivity index (χ3v) is 5.34. The van der Waals surface area contributed by atoms with Gasteiger partial charge in [0.15, 0.2) is 0 Å². The van der Waals surface area contributed by atoms with Crippen molar-refractivity contribution >= 4 is 10.0 Å². The van der Waals surface area contributed by atoms with Gasteiger partial charge in [-0.1, -0.05) is 12.1 Å². The fraction of sp³-hybridized carbons (Fsp3) is 0.600. The molecule has 0 spiro atoms. The molecule has 21 heavy (non-hydrogen) atoms. The van der Waals surface area contributed by atoms with Gasteiger partial charge in [-0.25, -0.2) is 13.1 Å². The van der Waals surface area contributed by atoms with Crippen LogP contribution in [0.25, 0.3) is 0 Å². The number of hydrogen-bond donors (Lipinski definition) is 3. The van der Waals surface area contributed by atoms with E-state index in [1.54, 1.807) is 24.3 Å². The Hall–Kier alpha value is -1.11. The number of phenols is 1. The van der Waals surface area contributed by atoms with Gasteiger partial charge in [-0.05, 0) is 62.4 Å². The summed E-state index contributed by atoms with van der Waals surface area (Å²) in [6, 6.07) is 6.83. The molecule has 0 amide bonds. The third-order valence-electron chi connectivity index (χ3n) is 3.93. The van der Waals surface area contributed by atoms with Gasteiger partial charge in [-0.3, -0.25) is 0 Å². The van der Waals surface area contributed by atoms with Crippen LogP contribution in [0.4, 0.5) is 0 Å². The molecule has 1 aliphatic heterocycles. The molecule has 1 aromatic rings. The first-order valence-electron chi connectivity index (χ1n) is 7.51. The zero-order valence-electron chi connectivity index (χ0n) is 12.2. The van der Waals surface area contributed by atoms with Gasteiger partial charge in [-0.2, -0.15) is 0 Å². The lowest BCUT2D eigenvalue weighted by Gasteiger charge is -2.22. The number of hydrogen-bond acceptors (Lipinski definition) is 4. The molecule has 1 aromatic carbocycles. The molecule has 1 aliphatic rings. The Bertz CT molecular complexity index is 522. The van der Waals surface area contributed by atoms with Crippen LogP contribution in [0.5, 0.6) is 5.75 Å². The number of benzene rings is 1. The van der Waals surface area contributed by atoms with Gasteiger partial charge in [0, 0.05) is 6.54 Å². The number of rotatable bonds is 7. The highest BCUT2D eigenvalue weighted by Crippen LogP contribution is 2.16. The second-order valence-electron chi connectivity index (χ2n) is 5.61. The van der Waals surface area contributed by atoms with Crippen LogP contribution < -0.4 is 10.0 Å². The molecule has 6 heteroatoms. The third kappa shape index (κ3) is 6.03. The van der Waals surface area contributed by atoms with Crippen LogP contribution in [0.3, 0.4) is 0 Å². The van der Waals surface area contributed by atoms with Crippen molar-refractivity contribution in [2.45, 2.75) is 25.7 Å². The number of piperidine rings is 1. The van der Waals surface area contributed by atoms with Gasteiger partial charge in [-0.15, -0.1) is 0 Å². The van der Waals surface area contributed by atoms with Gasteiger partial charge < -0.3 is 10.4 Å². The molecule has 0 saturated carbocycles. The molecule has 0 unspecified atom stereocenters. The SMILES string of the molecule is O=S(=O)(CCC1CCNCC1)NCCc1ccc(O)cc1. The quantitative estimate of drug-likeness (QED) is 0.708. The van der Waals surface area contributed by atoms with E-state index in [2.05, 4.69) is 10.0 Å². The van der Waals surface area contributed by atoms with Crippen LogP contribution >= 0.6 is 0 Å². The summed E-state index contributed by atoms with van der Waals surface area (Å²) in [6.07, 6.45) is 3.52. The highest BCUT2D eigenvalue weighted by molar-refractivity contribution is 7.89. The summed E-state index contributed by atoms with van der Waals surface area (Å²) in [4.78, 5) is 0. The molecule has 118 valence electrons. The van der Waals surface area contributed by atoms with Crippen LogP contribution in [0.1, 0.15) is 24.8 Å². The fourth-order valence-electron chi connectivity index (χ4n) is 2.58. The van der Waals surface area contributed by atoms with E-state index in [1.807, 2.05) is 0 Å². The Morgan fingerprint density at radius 3 is 2.52 bits per heavy atom. The lowest BCUT2D eigenvalue weighted by molar-refractivity contribution is 0.365. The molecule has 0 aliphatic carbocycles. The summed E-state index contributed by atoms with van der Waals surface area (Å²) < 4.78 is 26.6. The van der Waals surface area contributed by atoms with E-state index < -0.39 is 10.0 Å². The predicted molar refractivity (Wildman–Crippen MR) is 83.8 cm³/mol. The molecule has 0 bridgehead atoms. The maximum absolute atomic E-state index is 12.0. The summed E-state index contributed by atoms with van der Waals surface area (Å²) in [5.74, 6) is 0.967. The standard InChI is InChI=1S/C15H24N2O3S/c18-15-3-1-13(2-4-15)7-11-17-21(19,20)12-8-14-5-9-16-10-6-14/h1-4,14,16-18H,5-12H2. The van der Waals surface area contributed by atoms with E-state index in [1.165, 1.54) is 0 Å². The van der Waals surface area contributed by atoms with Crippen LogP contribution in [0, 0.1) is 5.92 Å². The van der Waals surface area contributed by atoms with Crippen LogP contribution in [0.2, 0.25) is 0 Å². The average molecular weight is 312 g/mol. The van der Waals surface area contributed by atoms with E-state index in [-0.39, 0.29) is 11.5 Å². The lowest BCUT2D eigenvalue weighted by atomic mass is 9.96. The van der Waals surface area contributed by atoms with E-state index in [0.717, 1.165) is 37.9 Å². The Morgan fingerprint density at radius 2 is 1.86 bits per heavy atom. The van der Waals surface area contributed by atoms with Crippen LogP contribution in [-0.2, 0) is 16.4 Å². The van der Waals surface area contributed by atoms with Crippen molar-refractivity contribution in [1.82, 2.24) is 10.0 Å². The maximum atomic E-state index is 12.0. The van der Waals surface area contributed by atoms with Gasteiger partial charge in [0.1, 0.15) is 5.75 Å². The first-order chi connectivity index (χ1) is 10.1. The summed E-state index contributed by atoms with van der Waals surface area (Å²) in [5.41, 5.74) is 1.01. The smallest absolute Gasteiger partial charge is 0.211 e. The van der Waals surface area contributed by atoms with Crippen molar-refractivity contribution in [2.75, 3.05) is 25.4 Å². The van der Waals surface area contributed by atoms with Gasteiger partial charge >= 0.3 is 0 Å². The molecule has 0 aromatic heterocycles. The minimum Gasteiger partial charge on any atom is -0.508 e. The van der Waals surface area contributed by atoms with Crippen molar-refractivity contribution in [3.05, 3.63) is 29.8 Å². The molecular formula is C15H24N2O3S. The summed E-state index contributed by atoms with van der Waals surface area (Å²) in [7, 11) is -3.18. The molecule has 1 saturated heterocycles. The normalized spacial score (nSPS) is 17.0. The van der Waals surface area contributed by atoms with Gasteiger partial charge in [0.2, 0.25) is 10.0 Å². The summed E-state index contributed by atoms with van der Waals surface area (Å²) >= 11 is 0. The van der Waals surface area contributed by atoms with Crippen LogP contribution in [-0.4, -0.2) is 38.9 Å². The summed E-state index contributed by atoms with van der Waals surface area (Å²) in [5, 5.41) is 12.5. The Morgan fingerprint density at radius 1 is 1.19 bits per heavy atom. The monoisotopic (exact) mass is 312 g/mol. The van der Waals surface area contributed by atoms with Gasteiger partial charge in [0.05, 0.1) is 5.75 Å². The Labute approximate surface area is 126 Å². The minimum absolute atomic E-state index is 0.216. The predicted octanol–water partition coefficient (Wildman–Crippen LogP) is 1.24. The molecule has 1 heterocycles. The highest BCUT2D eigenvalue weighted by Gasteiger charge is 2.17. The highest BCUT2D eigenvalue weighted by atomic mass is 32.2. The van der Waals surface area contributed by atoms with E-state index in [4.69, 9.17) is 0 Å². The molecule has 5 nitrogen and oxygen atoms in total. The first kappa shape index (κ1) is 16.3. The molecule has 1 fully saturated rings. The van der Waals surface area contributed by atoms with E-state index in [9.17, 15) is 13.5 Å². The zero-order valence-corrected chi connectivity index (χ0v) is 13.0. The van der Waals surface area contributed by atoms with Gasteiger partial charge in [0.25, 0.3) is 0 Å². The molecule has 2 rings (SSSR count). The second kappa shape index (κ2) is 7.77. The van der Waals surface area contributed by atoms with Crippen molar-refractivity contribution in [3.8, 4) is 5.75 Å². The van der Waals surface area contributed by atoms with Crippen molar-refractivity contribution < 1.29 is 13.5 Å². The molecule has 0 atom stereocenters. The number of nitrogens with one attached hydrogen (secondary N) is 2. The van der Waals surface area contributed by atoms with E-state index in [0.29, 0.717) is 18.9 Å². The molecule has 0 radical (unpaired) electrons. The minimum atomic E-state index is -3.18. The Balaban J connectivity index is 1.69. The summed E-state index contributed by atoms with van der Waals surface area (Å²) in [6.45, 7) is 2.40. The van der Waals surface area contributed by atoms with Crippen molar-refractivity contribution in [1.29, 1.82) is 0 Å². The van der Waals surface area contributed by atoms with E-state index >= 15 is 0 Å². The maximum Gasteiger partial charge on any atom is 0.211 e.